The number of hydrogen-bond acceptors (Lipinski definition) is 5. The quantitative estimate of drug-likeness (QED) is 0.554. The van der Waals surface area contributed by atoms with E-state index < -0.39 is 15.8 Å². The van der Waals surface area contributed by atoms with Gasteiger partial charge in [0.25, 0.3) is 10.0 Å². The Morgan fingerprint density at radius 1 is 0.939 bits per heavy atom. The van der Waals surface area contributed by atoms with E-state index in [0.29, 0.717) is 11.6 Å². The molecule has 0 bridgehead atoms. The van der Waals surface area contributed by atoms with Crippen molar-refractivity contribution in [2.24, 2.45) is 0 Å². The summed E-state index contributed by atoms with van der Waals surface area (Å²) in [5, 5.41) is 0. The van der Waals surface area contributed by atoms with Crippen LogP contribution in [0.25, 0.3) is 0 Å². The lowest BCUT2D eigenvalue weighted by atomic mass is 10.0. The highest BCUT2D eigenvalue weighted by Gasteiger charge is 2.19. The van der Waals surface area contributed by atoms with Crippen LogP contribution in [0.2, 0.25) is 0 Å². The monoisotopic (exact) mass is 468 g/mol. The Labute approximate surface area is 195 Å². The first-order valence-electron chi connectivity index (χ1n) is 11.1. The van der Waals surface area contributed by atoms with Gasteiger partial charge in [0, 0.05) is 32.7 Å². The Morgan fingerprint density at radius 3 is 2.18 bits per heavy atom. The predicted octanol–water partition coefficient (Wildman–Crippen LogP) is 4.47. The zero-order valence-corrected chi connectivity index (χ0v) is 19.7. The topological polar surface area (TPSA) is 65.5 Å². The van der Waals surface area contributed by atoms with Crippen molar-refractivity contribution in [1.29, 1.82) is 0 Å². The lowest BCUT2D eigenvalue weighted by Gasteiger charge is -2.35. The van der Waals surface area contributed by atoms with Crippen LogP contribution in [-0.4, -0.2) is 44.5 Å². The van der Waals surface area contributed by atoms with Crippen molar-refractivity contribution in [3.05, 3.63) is 83.8 Å². The number of nitrogens with zero attached hydrogens (tertiary/aromatic N) is 3. The summed E-state index contributed by atoms with van der Waals surface area (Å²) in [6.07, 6.45) is 1.51. The molecule has 4 rings (SSSR count). The number of sulfonamides is 1. The zero-order chi connectivity index (χ0) is 23.4. The van der Waals surface area contributed by atoms with Crippen molar-refractivity contribution in [1.82, 2.24) is 9.88 Å². The van der Waals surface area contributed by atoms with Crippen LogP contribution in [0.4, 0.5) is 15.9 Å². The molecule has 8 heteroatoms. The molecule has 1 fully saturated rings. The summed E-state index contributed by atoms with van der Waals surface area (Å²) in [5.74, 6) is 0.879. The first-order chi connectivity index (χ1) is 15.8. The number of nitrogens with one attached hydrogen (secondary N) is 1. The molecule has 3 aromatic rings. The van der Waals surface area contributed by atoms with E-state index in [-0.39, 0.29) is 4.90 Å². The molecule has 1 aromatic heterocycles. The van der Waals surface area contributed by atoms with Crippen molar-refractivity contribution in [2.75, 3.05) is 35.8 Å². The van der Waals surface area contributed by atoms with Gasteiger partial charge in [0.1, 0.15) is 11.6 Å². The number of aromatic nitrogens is 1. The maximum absolute atomic E-state index is 13.1. The van der Waals surface area contributed by atoms with Crippen LogP contribution in [0.3, 0.4) is 0 Å². The minimum Gasteiger partial charge on any atom is -0.354 e. The molecule has 2 aromatic carbocycles. The van der Waals surface area contributed by atoms with Crippen LogP contribution >= 0.6 is 0 Å². The Bertz CT molecular complexity index is 1160. The number of piperazine rings is 1. The molecule has 33 heavy (non-hydrogen) atoms. The highest BCUT2D eigenvalue weighted by atomic mass is 32.2. The second-order valence-electron chi connectivity index (χ2n) is 8.62. The molecule has 6 nitrogen and oxygen atoms in total. The molecule has 1 aliphatic heterocycles. The Morgan fingerprint density at radius 2 is 1.61 bits per heavy atom. The molecule has 1 N–H and O–H groups in total. The highest BCUT2D eigenvalue weighted by molar-refractivity contribution is 7.92. The summed E-state index contributed by atoms with van der Waals surface area (Å²) >= 11 is 0. The molecule has 0 amide bonds. The molecule has 0 saturated carbocycles. The van der Waals surface area contributed by atoms with Crippen LogP contribution < -0.4 is 9.62 Å². The second kappa shape index (κ2) is 9.89. The van der Waals surface area contributed by atoms with E-state index in [2.05, 4.69) is 57.6 Å². The van der Waals surface area contributed by atoms with Gasteiger partial charge in [0.15, 0.2) is 0 Å². The van der Waals surface area contributed by atoms with Crippen molar-refractivity contribution >= 4 is 21.5 Å². The fourth-order valence-corrected chi connectivity index (χ4v) is 4.91. The van der Waals surface area contributed by atoms with Gasteiger partial charge in [-0.25, -0.2) is 17.8 Å². The van der Waals surface area contributed by atoms with Crippen LogP contribution in [0.5, 0.6) is 0 Å². The van der Waals surface area contributed by atoms with E-state index >= 15 is 0 Å². The van der Waals surface area contributed by atoms with Gasteiger partial charge in [0.2, 0.25) is 0 Å². The molecular weight excluding hydrogens is 439 g/mol. The van der Waals surface area contributed by atoms with E-state index in [1.54, 1.807) is 6.07 Å². The molecule has 1 aliphatic rings. The first-order valence-corrected chi connectivity index (χ1v) is 12.6. The Hall–Kier alpha value is -2.97. The highest BCUT2D eigenvalue weighted by Crippen LogP contribution is 2.21. The summed E-state index contributed by atoms with van der Waals surface area (Å²) in [6, 6.07) is 17.1. The lowest BCUT2D eigenvalue weighted by Crippen LogP contribution is -2.46. The maximum atomic E-state index is 13.1. The van der Waals surface area contributed by atoms with E-state index in [1.807, 2.05) is 6.07 Å². The molecule has 1 saturated heterocycles. The third-order valence-electron chi connectivity index (χ3n) is 5.87. The van der Waals surface area contributed by atoms with E-state index in [0.717, 1.165) is 50.7 Å². The van der Waals surface area contributed by atoms with Crippen molar-refractivity contribution in [2.45, 2.75) is 31.2 Å². The third kappa shape index (κ3) is 5.89. The van der Waals surface area contributed by atoms with E-state index in [9.17, 15) is 12.8 Å². The number of hydrogen-bond donors (Lipinski definition) is 1. The minimum atomic E-state index is -3.79. The molecule has 0 aliphatic carbocycles. The fourth-order valence-electron chi connectivity index (χ4n) is 3.86. The maximum Gasteiger partial charge on any atom is 0.261 e. The lowest BCUT2D eigenvalue weighted by molar-refractivity contribution is 0.249. The Kier molecular flexibility index (Phi) is 6.95. The van der Waals surface area contributed by atoms with Crippen molar-refractivity contribution in [3.8, 4) is 0 Å². The number of anilines is 2. The molecule has 2 heterocycles. The summed E-state index contributed by atoms with van der Waals surface area (Å²) in [7, 11) is -3.79. The summed E-state index contributed by atoms with van der Waals surface area (Å²) in [4.78, 5) is 9.09. The van der Waals surface area contributed by atoms with Crippen molar-refractivity contribution < 1.29 is 12.8 Å². The SMILES string of the molecule is CC(C)c1ccc(CN2CCN(c3ccc(NS(=O)(=O)c4ccc(F)cc4)cn3)CC2)cc1. The van der Waals surface area contributed by atoms with Gasteiger partial charge < -0.3 is 4.90 Å². The average molecular weight is 469 g/mol. The second-order valence-corrected chi connectivity index (χ2v) is 10.3. The van der Waals surface area contributed by atoms with Crippen molar-refractivity contribution in [3.63, 3.8) is 0 Å². The van der Waals surface area contributed by atoms with Gasteiger partial charge in [-0.05, 0) is 53.4 Å². The van der Waals surface area contributed by atoms with Gasteiger partial charge in [0.05, 0.1) is 16.8 Å². The number of benzene rings is 2. The average Bonchev–Trinajstić information content (AvgIpc) is 2.80. The van der Waals surface area contributed by atoms with E-state index in [1.165, 1.54) is 29.5 Å². The minimum absolute atomic E-state index is 0.00273. The van der Waals surface area contributed by atoms with Gasteiger partial charge in [-0.2, -0.15) is 0 Å². The first kappa shape index (κ1) is 23.2. The van der Waals surface area contributed by atoms with Crippen LogP contribution in [0.15, 0.2) is 71.8 Å². The van der Waals surface area contributed by atoms with Gasteiger partial charge in [-0.3, -0.25) is 9.62 Å². The number of rotatable bonds is 7. The van der Waals surface area contributed by atoms with Gasteiger partial charge in [-0.1, -0.05) is 38.1 Å². The zero-order valence-electron chi connectivity index (χ0n) is 18.9. The molecule has 0 radical (unpaired) electrons. The molecule has 174 valence electrons. The molecular formula is C25H29FN4O2S. The summed E-state index contributed by atoms with van der Waals surface area (Å²) in [5.41, 5.74) is 3.05. The molecule has 0 unspecified atom stereocenters. The van der Waals surface area contributed by atoms with Crippen LogP contribution in [0.1, 0.15) is 30.9 Å². The van der Waals surface area contributed by atoms with Crippen LogP contribution in [-0.2, 0) is 16.6 Å². The predicted molar refractivity (Wildman–Crippen MR) is 129 cm³/mol. The normalized spacial score (nSPS) is 15.1. The Balaban J connectivity index is 1.31. The van der Waals surface area contributed by atoms with Gasteiger partial charge >= 0.3 is 0 Å². The van der Waals surface area contributed by atoms with Gasteiger partial charge in [-0.15, -0.1) is 0 Å². The summed E-state index contributed by atoms with van der Waals surface area (Å²) in [6.45, 7) is 8.93. The van der Waals surface area contributed by atoms with E-state index in [4.69, 9.17) is 0 Å². The number of pyridine rings is 1. The molecule has 0 spiro atoms. The smallest absolute Gasteiger partial charge is 0.261 e. The standard InChI is InChI=1S/C25H29FN4O2S/c1-19(2)21-5-3-20(4-6-21)18-29-13-15-30(16-14-29)25-12-9-23(17-27-25)28-33(31,32)24-10-7-22(26)8-11-24/h3-12,17,19,28H,13-16,18H2,1-2H3. The molecule has 0 atom stereocenters. The third-order valence-corrected chi connectivity index (χ3v) is 7.27. The fraction of sp³-hybridized carbons (Fsp3) is 0.320. The number of halogens is 1. The summed E-state index contributed by atoms with van der Waals surface area (Å²) < 4.78 is 40.5. The van der Waals surface area contributed by atoms with Crippen LogP contribution in [0, 0.1) is 5.82 Å². The largest absolute Gasteiger partial charge is 0.354 e.